The van der Waals surface area contributed by atoms with Gasteiger partial charge in [-0.25, -0.2) is 0 Å². The van der Waals surface area contributed by atoms with Crippen molar-refractivity contribution in [3.8, 4) is 12.3 Å². The average molecular weight is 251 g/mol. The van der Waals surface area contributed by atoms with Crippen molar-refractivity contribution >= 4 is 17.6 Å². The number of rotatable bonds is 0. The fourth-order valence-electron chi connectivity index (χ4n) is 2.24. The summed E-state index contributed by atoms with van der Waals surface area (Å²) in [6, 6.07) is 14.8. The van der Waals surface area contributed by atoms with Crippen LogP contribution in [0.5, 0.6) is 0 Å². The Kier molecular flexibility index (Phi) is 2.77. The van der Waals surface area contributed by atoms with Crippen LogP contribution in [0.4, 0.5) is 5.69 Å². The molecule has 0 fully saturated rings. The second kappa shape index (κ2) is 4.44. The molecule has 0 saturated heterocycles. The maximum atomic E-state index is 5.47. The molecule has 0 amide bonds. The third kappa shape index (κ3) is 1.87. The molecular weight excluding hydrogens is 238 g/mol. The fraction of sp³-hybridized carbons (Fsp3) is 0.125. The molecule has 1 aliphatic heterocycles. The van der Waals surface area contributed by atoms with Crippen molar-refractivity contribution in [2.24, 2.45) is 0 Å². The van der Waals surface area contributed by atoms with Crippen LogP contribution in [-0.2, 0) is 6.42 Å². The van der Waals surface area contributed by atoms with Gasteiger partial charge in [0.1, 0.15) is 0 Å². The molecule has 0 radical (unpaired) electrons. The first-order valence-electron chi connectivity index (χ1n) is 5.87. The smallest absolute Gasteiger partial charge is 0.0505 e. The molecule has 3 rings (SSSR count). The Morgan fingerprint density at radius 2 is 2.00 bits per heavy atom. The van der Waals surface area contributed by atoms with Crippen LogP contribution in [0.3, 0.4) is 0 Å². The van der Waals surface area contributed by atoms with E-state index >= 15 is 0 Å². The minimum absolute atomic E-state index is 0.945. The van der Waals surface area contributed by atoms with Crippen molar-refractivity contribution < 1.29 is 0 Å². The number of anilines is 1. The Balaban J connectivity index is 2.12. The van der Waals surface area contributed by atoms with Gasteiger partial charge in [-0.05, 0) is 41.3 Å². The number of para-hydroxylation sites is 1. The van der Waals surface area contributed by atoms with Gasteiger partial charge in [0.05, 0.1) is 5.69 Å². The summed E-state index contributed by atoms with van der Waals surface area (Å²) in [5.41, 5.74) is 4.93. The largest absolute Gasteiger partial charge is 0.315 e. The molecule has 2 aromatic rings. The zero-order chi connectivity index (χ0) is 12.5. The van der Waals surface area contributed by atoms with E-state index in [4.69, 9.17) is 6.42 Å². The van der Waals surface area contributed by atoms with E-state index in [0.717, 1.165) is 12.0 Å². The highest BCUT2D eigenvalue weighted by Crippen LogP contribution is 2.37. The molecule has 0 spiro atoms. The quantitative estimate of drug-likeness (QED) is 0.518. The molecule has 0 unspecified atom stereocenters. The van der Waals surface area contributed by atoms with Crippen LogP contribution in [0.2, 0.25) is 0 Å². The molecule has 0 N–H and O–H groups in total. The Morgan fingerprint density at radius 3 is 2.83 bits per heavy atom. The summed E-state index contributed by atoms with van der Waals surface area (Å²) >= 11 is 1.74. The Bertz CT molecular complexity index is 640. The van der Waals surface area contributed by atoms with Crippen LogP contribution < -0.4 is 4.31 Å². The van der Waals surface area contributed by atoms with E-state index in [2.05, 4.69) is 53.7 Å². The van der Waals surface area contributed by atoms with E-state index < -0.39 is 0 Å². The van der Waals surface area contributed by atoms with Gasteiger partial charge in [0.25, 0.3) is 0 Å². The molecule has 18 heavy (non-hydrogen) atoms. The molecule has 0 aromatic heterocycles. The number of terminal acetylenes is 1. The van der Waals surface area contributed by atoms with E-state index in [-0.39, 0.29) is 0 Å². The Hall–Kier alpha value is -1.85. The third-order valence-electron chi connectivity index (χ3n) is 3.18. The summed E-state index contributed by atoms with van der Waals surface area (Å²) in [5, 5.41) is 0. The Labute approximate surface area is 112 Å². The highest BCUT2D eigenvalue weighted by molar-refractivity contribution is 8.00. The monoisotopic (exact) mass is 251 g/mol. The number of nitrogens with zero attached hydrogens (tertiary/aromatic N) is 1. The van der Waals surface area contributed by atoms with E-state index in [1.807, 2.05) is 6.07 Å². The zero-order valence-electron chi connectivity index (χ0n) is 10.2. The second-order valence-corrected chi connectivity index (χ2v) is 5.53. The molecule has 1 nitrogen and oxygen atoms in total. The number of hydrogen-bond acceptors (Lipinski definition) is 2. The van der Waals surface area contributed by atoms with Crippen LogP contribution >= 0.6 is 11.9 Å². The van der Waals surface area contributed by atoms with Gasteiger partial charge >= 0.3 is 0 Å². The summed E-state index contributed by atoms with van der Waals surface area (Å²) in [5.74, 6) is 2.70. The van der Waals surface area contributed by atoms with Gasteiger partial charge in [0.2, 0.25) is 0 Å². The normalized spacial score (nSPS) is 13.2. The van der Waals surface area contributed by atoms with Gasteiger partial charge < -0.3 is 4.31 Å². The highest BCUT2D eigenvalue weighted by Gasteiger charge is 2.17. The lowest BCUT2D eigenvalue weighted by Gasteiger charge is -2.17. The van der Waals surface area contributed by atoms with Crippen molar-refractivity contribution in [1.82, 2.24) is 0 Å². The van der Waals surface area contributed by atoms with Gasteiger partial charge in [-0.15, -0.1) is 6.42 Å². The van der Waals surface area contributed by atoms with Gasteiger partial charge in [-0.2, -0.15) is 0 Å². The van der Waals surface area contributed by atoms with Crippen LogP contribution in [-0.4, -0.2) is 7.05 Å². The summed E-state index contributed by atoms with van der Waals surface area (Å²) < 4.78 is 2.21. The van der Waals surface area contributed by atoms with Crippen molar-refractivity contribution in [3.05, 3.63) is 59.2 Å². The van der Waals surface area contributed by atoms with E-state index in [1.54, 1.807) is 11.9 Å². The standard InChI is InChI=1S/C16H13NS/c1-3-12-8-9-14-11-13-6-4-5-7-15(13)17(2)18-16(14)10-12/h1,4-10H,11H2,2H3. The van der Waals surface area contributed by atoms with E-state index in [0.29, 0.717) is 0 Å². The topological polar surface area (TPSA) is 3.24 Å². The molecule has 2 heteroatoms. The summed E-state index contributed by atoms with van der Waals surface area (Å²) in [4.78, 5) is 1.25. The molecular formula is C16H13NS. The summed E-state index contributed by atoms with van der Waals surface area (Å²) in [6.45, 7) is 0. The fourth-order valence-corrected chi connectivity index (χ4v) is 3.25. The lowest BCUT2D eigenvalue weighted by molar-refractivity contribution is 1.13. The van der Waals surface area contributed by atoms with Crippen molar-refractivity contribution in [3.63, 3.8) is 0 Å². The van der Waals surface area contributed by atoms with Gasteiger partial charge in [-0.1, -0.05) is 30.2 Å². The molecule has 0 aliphatic carbocycles. The van der Waals surface area contributed by atoms with Gasteiger partial charge in [-0.3, -0.25) is 0 Å². The average Bonchev–Trinajstić information content (AvgIpc) is 2.54. The summed E-state index contributed by atoms with van der Waals surface area (Å²) in [6.07, 6.45) is 6.43. The molecule has 2 aromatic carbocycles. The number of fused-ring (bicyclic) bond motifs is 2. The van der Waals surface area contributed by atoms with Crippen molar-refractivity contribution in [1.29, 1.82) is 0 Å². The van der Waals surface area contributed by atoms with E-state index in [9.17, 15) is 0 Å². The second-order valence-electron chi connectivity index (χ2n) is 4.36. The van der Waals surface area contributed by atoms with Crippen molar-refractivity contribution in [2.75, 3.05) is 11.4 Å². The van der Waals surface area contributed by atoms with Crippen LogP contribution in [0, 0.1) is 12.3 Å². The molecule has 1 aliphatic rings. The molecule has 0 atom stereocenters. The maximum Gasteiger partial charge on any atom is 0.0505 e. The molecule has 0 saturated carbocycles. The SMILES string of the molecule is C#Cc1ccc2c(c1)SN(C)c1ccccc1C2. The van der Waals surface area contributed by atoms with Crippen LogP contribution in [0.25, 0.3) is 0 Å². The minimum atomic E-state index is 0.945. The molecule has 0 bridgehead atoms. The van der Waals surface area contributed by atoms with E-state index in [1.165, 1.54) is 21.7 Å². The highest BCUT2D eigenvalue weighted by atomic mass is 32.2. The lowest BCUT2D eigenvalue weighted by Crippen LogP contribution is -2.06. The third-order valence-corrected chi connectivity index (χ3v) is 4.23. The Morgan fingerprint density at radius 1 is 1.17 bits per heavy atom. The predicted octanol–water partition coefficient (Wildman–Crippen LogP) is 3.72. The lowest BCUT2D eigenvalue weighted by atomic mass is 10.0. The first-order valence-corrected chi connectivity index (χ1v) is 6.64. The van der Waals surface area contributed by atoms with Crippen molar-refractivity contribution in [2.45, 2.75) is 11.3 Å². The number of benzene rings is 2. The number of hydrogen-bond donors (Lipinski definition) is 0. The summed E-state index contributed by atoms with van der Waals surface area (Å²) in [7, 11) is 2.10. The van der Waals surface area contributed by atoms with Gasteiger partial charge in [0, 0.05) is 23.9 Å². The maximum absolute atomic E-state index is 5.47. The zero-order valence-corrected chi connectivity index (χ0v) is 11.0. The van der Waals surface area contributed by atoms with Gasteiger partial charge in [0.15, 0.2) is 0 Å². The van der Waals surface area contributed by atoms with Crippen LogP contribution in [0.1, 0.15) is 16.7 Å². The molecule has 1 heterocycles. The first-order chi connectivity index (χ1) is 8.78. The van der Waals surface area contributed by atoms with Crippen LogP contribution in [0.15, 0.2) is 47.4 Å². The minimum Gasteiger partial charge on any atom is -0.315 e. The first kappa shape index (κ1) is 11.3. The predicted molar refractivity (Wildman–Crippen MR) is 77.9 cm³/mol. The molecule has 88 valence electrons.